The van der Waals surface area contributed by atoms with Crippen molar-refractivity contribution in [2.24, 2.45) is 16.6 Å². The second-order valence-corrected chi connectivity index (χ2v) is 5.60. The molecule has 4 nitrogen and oxygen atoms in total. The second kappa shape index (κ2) is 2.43. The summed E-state index contributed by atoms with van der Waals surface area (Å²) in [6.45, 7) is 5.79. The summed E-state index contributed by atoms with van der Waals surface area (Å²) in [5.74, 6) is -0.316. The number of fused-ring (bicyclic) bond motifs is 2. The Bertz CT molecular complexity index is 332. The number of likely N-dealkylation sites (tertiary alicyclic amines) is 1. The molecule has 84 valence electrons. The van der Waals surface area contributed by atoms with Crippen molar-refractivity contribution in [3.05, 3.63) is 0 Å². The van der Waals surface area contributed by atoms with Crippen LogP contribution >= 0.6 is 0 Å². The zero-order valence-electron chi connectivity index (χ0n) is 9.76. The van der Waals surface area contributed by atoms with Crippen molar-refractivity contribution < 1.29 is 9.59 Å². The van der Waals surface area contributed by atoms with Crippen LogP contribution in [-0.4, -0.2) is 29.3 Å². The van der Waals surface area contributed by atoms with Gasteiger partial charge in [-0.2, -0.15) is 0 Å². The van der Waals surface area contributed by atoms with Gasteiger partial charge in [0.05, 0.1) is 5.41 Å². The fraction of sp³-hybridized carbons (Fsp3) is 0.818. The van der Waals surface area contributed by atoms with Crippen LogP contribution < -0.4 is 5.73 Å². The van der Waals surface area contributed by atoms with Crippen molar-refractivity contribution >= 4 is 11.8 Å². The van der Waals surface area contributed by atoms with E-state index in [9.17, 15) is 9.59 Å². The fourth-order valence-corrected chi connectivity index (χ4v) is 3.07. The van der Waals surface area contributed by atoms with Gasteiger partial charge >= 0.3 is 0 Å². The minimum absolute atomic E-state index is 0.0870. The number of hydrogen-bond acceptors (Lipinski definition) is 3. The molecule has 2 aliphatic rings. The van der Waals surface area contributed by atoms with E-state index >= 15 is 0 Å². The van der Waals surface area contributed by atoms with Crippen molar-refractivity contribution in [1.29, 1.82) is 0 Å². The molecule has 1 saturated heterocycles. The topological polar surface area (TPSA) is 63.4 Å². The first-order chi connectivity index (χ1) is 6.68. The third-order valence-corrected chi connectivity index (χ3v) is 4.98. The van der Waals surface area contributed by atoms with Gasteiger partial charge in [0.15, 0.2) is 0 Å². The Morgan fingerprint density at radius 1 is 1.13 bits per heavy atom. The van der Waals surface area contributed by atoms with Crippen LogP contribution in [0.1, 0.15) is 33.6 Å². The molecule has 2 rings (SSSR count). The summed E-state index contributed by atoms with van der Waals surface area (Å²) in [6, 6.07) is 0. The molecular weight excluding hydrogens is 192 g/mol. The van der Waals surface area contributed by atoms with Crippen molar-refractivity contribution in [1.82, 2.24) is 4.90 Å². The van der Waals surface area contributed by atoms with Crippen LogP contribution in [0.5, 0.6) is 0 Å². The Labute approximate surface area is 89.8 Å². The molecule has 0 aromatic carbocycles. The lowest BCUT2D eigenvalue weighted by Crippen LogP contribution is -2.70. The largest absolute Gasteiger partial charge is 0.317 e. The number of carbonyl (C=O) groups is 2. The zero-order chi connectivity index (χ0) is 11.6. The van der Waals surface area contributed by atoms with Gasteiger partial charge < -0.3 is 5.73 Å². The van der Waals surface area contributed by atoms with E-state index in [2.05, 4.69) is 0 Å². The number of carbonyl (C=O) groups excluding carboxylic acids is 2. The summed E-state index contributed by atoms with van der Waals surface area (Å²) in [5, 5.41) is 0. The van der Waals surface area contributed by atoms with Crippen molar-refractivity contribution in [3.63, 3.8) is 0 Å². The maximum atomic E-state index is 12.1. The number of likely N-dealkylation sites (N-methyl/N-ethyl adjacent to an activating group) is 1. The van der Waals surface area contributed by atoms with Crippen molar-refractivity contribution in [2.75, 3.05) is 7.05 Å². The minimum Gasteiger partial charge on any atom is -0.317 e. The molecule has 2 N–H and O–H groups in total. The van der Waals surface area contributed by atoms with Crippen LogP contribution in [0, 0.1) is 10.8 Å². The van der Waals surface area contributed by atoms with Crippen LogP contribution in [0.2, 0.25) is 0 Å². The molecule has 1 heterocycles. The molecule has 2 amide bonds. The maximum absolute atomic E-state index is 12.1. The molecule has 0 aromatic heterocycles. The maximum Gasteiger partial charge on any atom is 0.249 e. The van der Waals surface area contributed by atoms with Gasteiger partial charge in [-0.05, 0) is 12.8 Å². The number of imide groups is 1. The van der Waals surface area contributed by atoms with E-state index in [1.807, 2.05) is 20.8 Å². The van der Waals surface area contributed by atoms with Gasteiger partial charge in [-0.1, -0.05) is 20.8 Å². The van der Waals surface area contributed by atoms with E-state index in [4.69, 9.17) is 5.73 Å². The quantitative estimate of drug-likeness (QED) is 0.592. The Morgan fingerprint density at radius 2 is 1.67 bits per heavy atom. The van der Waals surface area contributed by atoms with Crippen LogP contribution in [-0.2, 0) is 9.59 Å². The Hall–Kier alpha value is -0.900. The SMILES string of the molecule is CN1C(=O)[C@]2(C)CC[C@](N)(C1=O)C2(C)C. The average Bonchev–Trinajstić information content (AvgIpc) is 2.33. The van der Waals surface area contributed by atoms with E-state index in [-0.39, 0.29) is 11.8 Å². The first-order valence-corrected chi connectivity index (χ1v) is 5.30. The molecule has 1 aliphatic carbocycles. The fourth-order valence-electron chi connectivity index (χ4n) is 3.07. The number of nitrogens with zero attached hydrogens (tertiary/aromatic N) is 1. The summed E-state index contributed by atoms with van der Waals surface area (Å²) in [7, 11) is 1.53. The van der Waals surface area contributed by atoms with Gasteiger partial charge in [0.25, 0.3) is 0 Å². The first-order valence-electron chi connectivity index (χ1n) is 5.30. The zero-order valence-corrected chi connectivity index (χ0v) is 9.76. The summed E-state index contributed by atoms with van der Waals surface area (Å²) in [6.07, 6.45) is 1.30. The highest BCUT2D eigenvalue weighted by molar-refractivity contribution is 6.07. The molecule has 0 aromatic rings. The highest BCUT2D eigenvalue weighted by atomic mass is 16.2. The smallest absolute Gasteiger partial charge is 0.249 e. The third kappa shape index (κ3) is 0.830. The number of piperidine rings is 1. The lowest BCUT2D eigenvalue weighted by molar-refractivity contribution is -0.167. The van der Waals surface area contributed by atoms with E-state index in [1.165, 1.54) is 11.9 Å². The van der Waals surface area contributed by atoms with Crippen LogP contribution in [0.4, 0.5) is 0 Å². The van der Waals surface area contributed by atoms with Crippen molar-refractivity contribution in [3.8, 4) is 0 Å². The highest BCUT2D eigenvalue weighted by Gasteiger charge is 2.70. The molecule has 0 unspecified atom stereocenters. The molecule has 4 heteroatoms. The summed E-state index contributed by atoms with van der Waals surface area (Å²) < 4.78 is 0. The minimum atomic E-state index is -0.871. The molecular formula is C11H18N2O2. The number of hydrogen-bond donors (Lipinski definition) is 1. The number of amides is 2. The molecule has 2 bridgehead atoms. The van der Waals surface area contributed by atoms with Crippen LogP contribution in [0.3, 0.4) is 0 Å². The standard InChI is InChI=1S/C11H18N2O2/c1-9(2)10(3)5-6-11(9,12)8(15)13(4)7(10)14/h5-6,12H2,1-4H3/t10-,11-/m0/s1. The van der Waals surface area contributed by atoms with E-state index in [0.29, 0.717) is 12.8 Å². The van der Waals surface area contributed by atoms with Gasteiger partial charge in [0, 0.05) is 12.5 Å². The van der Waals surface area contributed by atoms with Gasteiger partial charge in [-0.25, -0.2) is 0 Å². The van der Waals surface area contributed by atoms with Gasteiger partial charge in [-0.3, -0.25) is 14.5 Å². The Kier molecular flexibility index (Phi) is 1.72. The third-order valence-electron chi connectivity index (χ3n) is 4.98. The van der Waals surface area contributed by atoms with Crippen LogP contribution in [0.15, 0.2) is 0 Å². The van der Waals surface area contributed by atoms with Crippen LogP contribution in [0.25, 0.3) is 0 Å². The normalized spacial score (nSPS) is 43.7. The molecule has 15 heavy (non-hydrogen) atoms. The van der Waals surface area contributed by atoms with E-state index < -0.39 is 16.4 Å². The van der Waals surface area contributed by atoms with Gasteiger partial charge in [-0.15, -0.1) is 0 Å². The van der Waals surface area contributed by atoms with Crippen molar-refractivity contribution in [2.45, 2.75) is 39.2 Å². The number of rotatable bonds is 0. The highest BCUT2D eigenvalue weighted by Crippen LogP contribution is 2.60. The lowest BCUT2D eigenvalue weighted by Gasteiger charge is -2.51. The van der Waals surface area contributed by atoms with Gasteiger partial charge in [0.2, 0.25) is 11.8 Å². The van der Waals surface area contributed by atoms with E-state index in [1.54, 1.807) is 0 Å². The molecule has 0 spiro atoms. The first kappa shape index (κ1) is 10.6. The summed E-state index contributed by atoms with van der Waals surface area (Å²) >= 11 is 0. The molecule has 1 aliphatic heterocycles. The average molecular weight is 210 g/mol. The summed E-state index contributed by atoms with van der Waals surface area (Å²) in [5.41, 5.74) is 4.39. The lowest BCUT2D eigenvalue weighted by atomic mass is 9.59. The molecule has 0 radical (unpaired) electrons. The Morgan fingerprint density at radius 3 is 2.20 bits per heavy atom. The molecule has 1 saturated carbocycles. The second-order valence-electron chi connectivity index (χ2n) is 5.60. The predicted molar refractivity (Wildman–Crippen MR) is 55.8 cm³/mol. The molecule has 2 fully saturated rings. The monoisotopic (exact) mass is 210 g/mol. The number of nitrogens with two attached hydrogens (primary N) is 1. The molecule has 2 atom stereocenters. The summed E-state index contributed by atoms with van der Waals surface area (Å²) in [4.78, 5) is 25.4. The Balaban J connectivity index is 2.65. The van der Waals surface area contributed by atoms with Gasteiger partial charge in [0.1, 0.15) is 5.54 Å². The van der Waals surface area contributed by atoms with E-state index in [0.717, 1.165) is 0 Å². The predicted octanol–water partition coefficient (Wildman–Crippen LogP) is 0.509.